The summed E-state index contributed by atoms with van der Waals surface area (Å²) in [6.45, 7) is 1.07. The van der Waals surface area contributed by atoms with Crippen LogP contribution >= 0.6 is 0 Å². The Balaban J connectivity index is 1.75. The lowest BCUT2D eigenvalue weighted by Gasteiger charge is -2.31. The molecule has 0 radical (unpaired) electrons. The first-order valence-corrected chi connectivity index (χ1v) is 7.16. The molecule has 1 aliphatic heterocycles. The quantitative estimate of drug-likeness (QED) is 0.816. The first kappa shape index (κ1) is 14.0. The fourth-order valence-corrected chi connectivity index (χ4v) is 2.75. The Bertz CT molecular complexity index is 654. The number of fused-ring (bicyclic) bond motifs is 1. The van der Waals surface area contributed by atoms with Gasteiger partial charge in [-0.05, 0) is 30.8 Å². The minimum atomic E-state index is -1.29. The Morgan fingerprint density at radius 3 is 2.57 bits per heavy atom. The van der Waals surface area contributed by atoms with Gasteiger partial charge < -0.3 is 14.9 Å². The van der Waals surface area contributed by atoms with E-state index in [1.807, 2.05) is 30.3 Å². The number of hydrogen-bond acceptors (Lipinski definition) is 4. The zero-order valence-corrected chi connectivity index (χ0v) is 11.6. The maximum absolute atomic E-state index is 12.5. The summed E-state index contributed by atoms with van der Waals surface area (Å²) >= 11 is 0. The van der Waals surface area contributed by atoms with Crippen LogP contribution in [0.4, 0.5) is 0 Å². The first-order chi connectivity index (χ1) is 10.1. The molecule has 1 fully saturated rings. The van der Waals surface area contributed by atoms with Gasteiger partial charge in [0.25, 0.3) is 5.91 Å². The highest BCUT2D eigenvalue weighted by Gasteiger charge is 2.30. The Morgan fingerprint density at radius 1 is 1.14 bits per heavy atom. The van der Waals surface area contributed by atoms with Gasteiger partial charge in [0, 0.05) is 18.5 Å². The van der Waals surface area contributed by atoms with Crippen LogP contribution in [-0.4, -0.2) is 46.0 Å². The van der Waals surface area contributed by atoms with Crippen LogP contribution in [-0.2, 0) is 0 Å². The third-order valence-electron chi connectivity index (χ3n) is 4.07. The van der Waals surface area contributed by atoms with Crippen molar-refractivity contribution in [2.45, 2.75) is 18.7 Å². The Hall–Kier alpha value is -1.92. The molecular weight excluding hydrogens is 267 g/mol. The van der Waals surface area contributed by atoms with E-state index in [-0.39, 0.29) is 11.7 Å². The average molecular weight is 284 g/mol. The molecule has 0 aliphatic carbocycles. The van der Waals surface area contributed by atoms with Gasteiger partial charge in [-0.2, -0.15) is 0 Å². The minimum Gasteiger partial charge on any atom is -0.427 e. The fraction of sp³-hybridized carbons (Fsp3) is 0.333. The number of rotatable bonds is 2. The molecular formula is C15H17BN2O3. The van der Waals surface area contributed by atoms with Crippen molar-refractivity contribution < 1.29 is 14.8 Å². The molecule has 0 atom stereocenters. The maximum Gasteiger partial charge on any atom is 0.454 e. The molecule has 2 aromatic rings. The molecule has 1 saturated heterocycles. The van der Waals surface area contributed by atoms with E-state index in [4.69, 9.17) is 0 Å². The summed E-state index contributed by atoms with van der Waals surface area (Å²) in [5.41, 5.74) is 1.25. The van der Waals surface area contributed by atoms with Gasteiger partial charge >= 0.3 is 7.12 Å². The van der Waals surface area contributed by atoms with Crippen LogP contribution in [0.5, 0.6) is 0 Å². The summed E-state index contributed by atoms with van der Waals surface area (Å²) in [6.07, 6.45) is 1.22. The number of piperidine rings is 1. The lowest BCUT2D eigenvalue weighted by Crippen LogP contribution is -2.40. The third-order valence-corrected chi connectivity index (χ3v) is 4.07. The van der Waals surface area contributed by atoms with Gasteiger partial charge in [-0.25, -0.2) is 4.98 Å². The van der Waals surface area contributed by atoms with Gasteiger partial charge in [0.05, 0.1) is 5.52 Å². The van der Waals surface area contributed by atoms with E-state index in [1.54, 1.807) is 11.0 Å². The van der Waals surface area contributed by atoms with Gasteiger partial charge in [-0.1, -0.05) is 24.3 Å². The Kier molecular flexibility index (Phi) is 3.90. The van der Waals surface area contributed by atoms with E-state index in [1.165, 1.54) is 0 Å². The van der Waals surface area contributed by atoms with E-state index in [0.29, 0.717) is 31.6 Å². The van der Waals surface area contributed by atoms with E-state index in [2.05, 4.69) is 4.98 Å². The molecule has 3 rings (SSSR count). The molecule has 1 aliphatic rings. The highest BCUT2D eigenvalue weighted by molar-refractivity contribution is 6.43. The van der Waals surface area contributed by atoms with Crippen LogP contribution in [0.1, 0.15) is 23.3 Å². The second-order valence-electron chi connectivity index (χ2n) is 5.43. The van der Waals surface area contributed by atoms with Gasteiger partial charge in [0.1, 0.15) is 5.69 Å². The second kappa shape index (κ2) is 5.83. The predicted molar refractivity (Wildman–Crippen MR) is 80.8 cm³/mol. The SMILES string of the molecule is O=C(c1ccc2ccccc2n1)N1CCC(B(O)O)CC1. The standard InChI is InChI=1S/C15H17BN2O3/c19-15(18-9-7-12(8-10-18)16(20)21)14-6-5-11-3-1-2-4-13(11)17-14/h1-6,12,20-21H,7-10H2. The first-order valence-electron chi connectivity index (χ1n) is 7.16. The summed E-state index contributed by atoms with van der Waals surface area (Å²) < 4.78 is 0. The number of carbonyl (C=O) groups excluding carboxylic acids is 1. The molecule has 0 spiro atoms. The zero-order valence-electron chi connectivity index (χ0n) is 11.6. The number of benzene rings is 1. The summed E-state index contributed by atoms with van der Waals surface area (Å²) in [5, 5.41) is 19.4. The highest BCUT2D eigenvalue weighted by atomic mass is 16.4. The van der Waals surface area contributed by atoms with Crippen molar-refractivity contribution in [2.75, 3.05) is 13.1 Å². The molecule has 1 aromatic carbocycles. The molecule has 0 unspecified atom stereocenters. The van der Waals surface area contributed by atoms with Crippen LogP contribution < -0.4 is 0 Å². The van der Waals surface area contributed by atoms with Crippen molar-refractivity contribution in [2.24, 2.45) is 0 Å². The maximum atomic E-state index is 12.5. The van der Waals surface area contributed by atoms with Crippen molar-refractivity contribution >= 4 is 23.9 Å². The largest absolute Gasteiger partial charge is 0.454 e. The molecule has 2 heterocycles. The smallest absolute Gasteiger partial charge is 0.427 e. The van der Waals surface area contributed by atoms with E-state index >= 15 is 0 Å². The van der Waals surface area contributed by atoms with Gasteiger partial charge in [0.2, 0.25) is 0 Å². The minimum absolute atomic E-state index is 0.0911. The number of para-hydroxylation sites is 1. The third kappa shape index (κ3) is 2.91. The number of likely N-dealkylation sites (tertiary alicyclic amines) is 1. The molecule has 108 valence electrons. The van der Waals surface area contributed by atoms with Crippen molar-refractivity contribution in [3.05, 3.63) is 42.1 Å². The van der Waals surface area contributed by atoms with Gasteiger partial charge in [0.15, 0.2) is 0 Å². The molecule has 2 N–H and O–H groups in total. The number of amides is 1. The number of aromatic nitrogens is 1. The highest BCUT2D eigenvalue weighted by Crippen LogP contribution is 2.24. The van der Waals surface area contributed by atoms with Crippen LogP contribution in [0.25, 0.3) is 10.9 Å². The van der Waals surface area contributed by atoms with Crippen molar-refractivity contribution in [1.82, 2.24) is 9.88 Å². The van der Waals surface area contributed by atoms with Crippen LogP contribution in [0.2, 0.25) is 5.82 Å². The number of pyridine rings is 1. The number of hydrogen-bond donors (Lipinski definition) is 2. The molecule has 21 heavy (non-hydrogen) atoms. The number of carbonyl (C=O) groups is 1. The molecule has 0 bridgehead atoms. The Labute approximate surface area is 123 Å². The van der Waals surface area contributed by atoms with E-state index in [9.17, 15) is 14.8 Å². The molecule has 1 amide bonds. The molecule has 0 saturated carbocycles. The average Bonchev–Trinajstić information content (AvgIpc) is 2.54. The van der Waals surface area contributed by atoms with Crippen molar-refractivity contribution in [3.8, 4) is 0 Å². The summed E-state index contributed by atoms with van der Waals surface area (Å²) in [7, 11) is -1.29. The summed E-state index contributed by atoms with van der Waals surface area (Å²) in [4.78, 5) is 18.6. The monoisotopic (exact) mass is 284 g/mol. The normalized spacial score (nSPS) is 16.2. The van der Waals surface area contributed by atoms with Crippen LogP contribution in [0.15, 0.2) is 36.4 Å². The lowest BCUT2D eigenvalue weighted by atomic mass is 9.67. The van der Waals surface area contributed by atoms with Crippen LogP contribution in [0.3, 0.4) is 0 Å². The summed E-state index contributed by atoms with van der Waals surface area (Å²) in [6, 6.07) is 11.3. The summed E-state index contributed by atoms with van der Waals surface area (Å²) in [5.74, 6) is -0.231. The molecule has 6 heteroatoms. The molecule has 1 aromatic heterocycles. The number of nitrogens with zero attached hydrogens (tertiary/aromatic N) is 2. The zero-order chi connectivity index (χ0) is 14.8. The fourth-order valence-electron chi connectivity index (χ4n) is 2.75. The van der Waals surface area contributed by atoms with E-state index < -0.39 is 7.12 Å². The van der Waals surface area contributed by atoms with E-state index in [0.717, 1.165) is 10.9 Å². The predicted octanol–water partition coefficient (Wildman–Crippen LogP) is 1.31. The Morgan fingerprint density at radius 2 is 1.86 bits per heavy atom. The lowest BCUT2D eigenvalue weighted by molar-refractivity contribution is 0.0712. The van der Waals surface area contributed by atoms with Gasteiger partial charge in [-0.3, -0.25) is 4.79 Å². The topological polar surface area (TPSA) is 73.7 Å². The van der Waals surface area contributed by atoms with Crippen molar-refractivity contribution in [1.29, 1.82) is 0 Å². The van der Waals surface area contributed by atoms with Gasteiger partial charge in [-0.15, -0.1) is 0 Å². The van der Waals surface area contributed by atoms with Crippen LogP contribution in [0, 0.1) is 0 Å². The second-order valence-corrected chi connectivity index (χ2v) is 5.43. The van der Waals surface area contributed by atoms with Crippen molar-refractivity contribution in [3.63, 3.8) is 0 Å². The molecule has 5 nitrogen and oxygen atoms in total.